The fourth-order valence-corrected chi connectivity index (χ4v) is 1.92. The fraction of sp³-hybridized carbons (Fsp3) is 0.538. The highest BCUT2D eigenvalue weighted by atomic mass is 16.7. The van der Waals surface area contributed by atoms with Gasteiger partial charge in [-0.05, 0) is 45.6 Å². The Bertz CT molecular complexity index is 606. The average Bonchev–Trinajstić information content (AvgIpc) is 2.39. The minimum Gasteiger partial charge on any atom is -0.507 e. The topological polar surface area (TPSA) is 38.7 Å². The first kappa shape index (κ1) is 5.92. The van der Waals surface area contributed by atoms with E-state index in [1.54, 1.807) is 20.8 Å². The molecule has 0 saturated carbocycles. The highest BCUT2D eigenvalue weighted by molar-refractivity contribution is 5.58. The van der Waals surface area contributed by atoms with Gasteiger partial charge < -0.3 is 14.6 Å². The molecule has 88 valence electrons. The summed E-state index contributed by atoms with van der Waals surface area (Å²) in [7, 11) is 0. The van der Waals surface area contributed by atoms with Gasteiger partial charge in [0.2, 0.25) is 0 Å². The summed E-state index contributed by atoms with van der Waals surface area (Å²) in [6.07, 6.45) is -3.13. The van der Waals surface area contributed by atoms with E-state index in [0.717, 1.165) is 0 Å². The molecule has 1 aromatic carbocycles. The molecule has 0 aliphatic carbocycles. The number of phenolic OH excluding ortho intramolecular Hbond substituents is 1. The lowest BCUT2D eigenvalue weighted by Crippen LogP contribution is -2.26. The molecule has 0 unspecified atom stereocenters. The van der Waals surface area contributed by atoms with Gasteiger partial charge in [-0.1, -0.05) is 0 Å². The van der Waals surface area contributed by atoms with Crippen molar-refractivity contribution in [3.63, 3.8) is 0 Å². The molecule has 0 saturated heterocycles. The Balaban J connectivity index is 2.72. The Morgan fingerprint density at radius 1 is 1.12 bits per heavy atom. The van der Waals surface area contributed by atoms with Crippen molar-refractivity contribution >= 4 is 0 Å². The van der Waals surface area contributed by atoms with Crippen LogP contribution in [-0.4, -0.2) is 11.4 Å². The minimum absolute atomic E-state index is 0.0370. The summed E-state index contributed by atoms with van der Waals surface area (Å²) in [6, 6.07) is 0. The molecule has 1 aliphatic rings. The van der Waals surface area contributed by atoms with Gasteiger partial charge in [-0.2, -0.15) is 0 Å². The van der Waals surface area contributed by atoms with Gasteiger partial charge in [0.1, 0.15) is 11.5 Å². The van der Waals surface area contributed by atoms with Gasteiger partial charge >= 0.3 is 0 Å². The fourth-order valence-electron chi connectivity index (χ4n) is 1.92. The smallest absolute Gasteiger partial charge is 0.197 e. The summed E-state index contributed by atoms with van der Waals surface area (Å²) in [5, 5.41) is 10.1. The highest BCUT2D eigenvalue weighted by Gasteiger charge is 2.29. The molecule has 1 heterocycles. The van der Waals surface area contributed by atoms with Crippen LogP contribution in [0.1, 0.15) is 50.3 Å². The average molecular weight is 228 g/mol. The third kappa shape index (κ3) is 1.47. The lowest BCUT2D eigenvalue weighted by molar-refractivity contribution is -0.123. The third-order valence-corrected chi connectivity index (χ3v) is 3.01. The van der Waals surface area contributed by atoms with Crippen LogP contribution >= 0.6 is 0 Å². The van der Waals surface area contributed by atoms with Gasteiger partial charge in [0.15, 0.2) is 6.29 Å². The monoisotopic (exact) mass is 228 g/mol. The summed E-state index contributed by atoms with van der Waals surface area (Å²) < 4.78 is 55.8. The predicted molar refractivity (Wildman–Crippen MR) is 61.9 cm³/mol. The van der Waals surface area contributed by atoms with E-state index in [9.17, 15) is 5.11 Å². The standard InChI is InChI=1S/C13H18O3/c1-6-7(2)13-11(8(3)12(6)14)9(4)15-10(5)16-13/h9-10,14H,1-5H3/t9-,10-/m1/s1/i4D3,5D3. The molecule has 0 fully saturated rings. The molecule has 0 aromatic heterocycles. The molecule has 16 heavy (non-hydrogen) atoms. The van der Waals surface area contributed by atoms with Crippen molar-refractivity contribution in [3.05, 3.63) is 22.3 Å². The number of fused-ring (bicyclic) bond motifs is 1. The summed E-state index contributed by atoms with van der Waals surface area (Å²) in [5.41, 5.74) is 1.53. The molecule has 1 N–H and O–H groups in total. The Labute approximate surface area is 104 Å². The summed E-state index contributed by atoms with van der Waals surface area (Å²) >= 11 is 0. The molecule has 0 radical (unpaired) electrons. The Morgan fingerprint density at radius 3 is 2.50 bits per heavy atom. The van der Waals surface area contributed by atoms with Gasteiger partial charge in [-0.25, -0.2) is 0 Å². The molecule has 0 amide bonds. The first-order valence-electron chi connectivity index (χ1n) is 8.00. The number of benzene rings is 1. The van der Waals surface area contributed by atoms with Gasteiger partial charge in [0.05, 0.1) is 6.10 Å². The van der Waals surface area contributed by atoms with E-state index in [1.165, 1.54) is 0 Å². The molecular weight excluding hydrogens is 204 g/mol. The van der Waals surface area contributed by atoms with Crippen molar-refractivity contribution in [2.45, 2.75) is 46.9 Å². The second-order valence-electron chi connectivity index (χ2n) is 3.93. The Hall–Kier alpha value is -1.22. The van der Waals surface area contributed by atoms with Crippen LogP contribution in [0.15, 0.2) is 0 Å². The van der Waals surface area contributed by atoms with E-state index >= 15 is 0 Å². The van der Waals surface area contributed by atoms with Crippen molar-refractivity contribution in [1.82, 2.24) is 0 Å². The van der Waals surface area contributed by atoms with Crippen molar-refractivity contribution in [2.75, 3.05) is 0 Å². The molecule has 2 atom stereocenters. The molecule has 2 rings (SSSR count). The maximum Gasteiger partial charge on any atom is 0.197 e. The first-order chi connectivity index (χ1) is 9.85. The number of ether oxygens (including phenoxy) is 2. The molecular formula is C13H18O3. The molecule has 1 aliphatic heterocycles. The third-order valence-electron chi connectivity index (χ3n) is 3.01. The summed E-state index contributed by atoms with van der Waals surface area (Å²) in [6.45, 7) is -0.340. The Morgan fingerprint density at radius 2 is 1.88 bits per heavy atom. The largest absolute Gasteiger partial charge is 0.507 e. The van der Waals surface area contributed by atoms with Crippen molar-refractivity contribution in [1.29, 1.82) is 0 Å². The first-order valence-corrected chi connectivity index (χ1v) is 5.00. The van der Waals surface area contributed by atoms with Crippen molar-refractivity contribution < 1.29 is 22.8 Å². The van der Waals surface area contributed by atoms with Crippen LogP contribution in [-0.2, 0) is 4.74 Å². The van der Waals surface area contributed by atoms with E-state index in [1.807, 2.05) is 0 Å². The second-order valence-corrected chi connectivity index (χ2v) is 3.93. The van der Waals surface area contributed by atoms with Gasteiger partial charge in [-0.3, -0.25) is 0 Å². The quantitative estimate of drug-likeness (QED) is 0.741. The van der Waals surface area contributed by atoms with Gasteiger partial charge in [0.25, 0.3) is 0 Å². The van der Waals surface area contributed by atoms with Crippen molar-refractivity contribution in [3.8, 4) is 11.5 Å². The molecule has 0 bridgehead atoms. The summed E-state index contributed by atoms with van der Waals surface area (Å²) in [4.78, 5) is 0. The van der Waals surface area contributed by atoms with Gasteiger partial charge in [0, 0.05) is 19.4 Å². The maximum absolute atomic E-state index is 10.1. The zero-order valence-corrected chi connectivity index (χ0v) is 9.42. The van der Waals surface area contributed by atoms with Crippen LogP contribution in [0.4, 0.5) is 0 Å². The molecule has 3 nitrogen and oxygen atoms in total. The zero-order chi connectivity index (χ0) is 17.0. The van der Waals surface area contributed by atoms with E-state index < -0.39 is 26.1 Å². The molecule has 0 spiro atoms. The number of hydrogen-bond acceptors (Lipinski definition) is 3. The Kier molecular flexibility index (Phi) is 1.36. The lowest BCUT2D eigenvalue weighted by Gasteiger charge is -2.32. The van der Waals surface area contributed by atoms with Crippen LogP contribution in [0, 0.1) is 20.8 Å². The van der Waals surface area contributed by atoms with Gasteiger partial charge in [-0.15, -0.1) is 0 Å². The van der Waals surface area contributed by atoms with Crippen LogP contribution in [0.5, 0.6) is 11.5 Å². The number of rotatable bonds is 0. The van der Waals surface area contributed by atoms with E-state index in [2.05, 4.69) is 0 Å². The lowest BCUT2D eigenvalue weighted by atomic mass is 9.94. The normalized spacial score (nSPS) is 30.9. The molecule has 1 aromatic rings. The number of hydrogen-bond donors (Lipinski definition) is 1. The zero-order valence-electron chi connectivity index (χ0n) is 15.4. The summed E-state index contributed by atoms with van der Waals surface area (Å²) in [5.74, 6) is 0.131. The maximum atomic E-state index is 10.1. The van der Waals surface area contributed by atoms with Crippen LogP contribution in [0.3, 0.4) is 0 Å². The van der Waals surface area contributed by atoms with Crippen molar-refractivity contribution in [2.24, 2.45) is 0 Å². The van der Waals surface area contributed by atoms with Crippen LogP contribution < -0.4 is 4.74 Å². The number of phenols is 1. The van der Waals surface area contributed by atoms with Crippen LogP contribution in [0.25, 0.3) is 0 Å². The van der Waals surface area contributed by atoms with E-state index in [-0.39, 0.29) is 17.1 Å². The molecule has 3 heteroatoms. The predicted octanol–water partition coefficient (Wildman–Crippen LogP) is 3.13. The SMILES string of the molecule is [2H]C([2H])([2H])[C@H]1Oc2c(C)c(C)c(O)c(C)c2[C@@H](C([2H])([2H])[2H])O1. The minimum atomic E-state index is -2.62. The highest BCUT2D eigenvalue weighted by Crippen LogP contribution is 2.44. The number of aromatic hydroxyl groups is 1. The van der Waals surface area contributed by atoms with Crippen LogP contribution in [0.2, 0.25) is 0 Å². The van der Waals surface area contributed by atoms with E-state index in [0.29, 0.717) is 16.7 Å². The second kappa shape index (κ2) is 3.67. The van der Waals surface area contributed by atoms with E-state index in [4.69, 9.17) is 17.7 Å².